The van der Waals surface area contributed by atoms with Gasteiger partial charge in [-0.1, -0.05) is 7.43 Å². The quantitative estimate of drug-likeness (QED) is 0.563. The van der Waals surface area contributed by atoms with Gasteiger partial charge in [0.15, 0.2) is 0 Å². The molecule has 0 saturated heterocycles. The van der Waals surface area contributed by atoms with Crippen LogP contribution in [0.5, 0.6) is 0 Å². The molecule has 0 bridgehead atoms. The number of nitrogens with zero attached hydrogens (tertiary/aromatic N) is 2. The minimum atomic E-state index is 0. The van der Waals surface area contributed by atoms with Gasteiger partial charge in [-0.25, -0.2) is 0 Å². The molecule has 11 heavy (non-hydrogen) atoms. The van der Waals surface area contributed by atoms with Gasteiger partial charge in [-0.2, -0.15) is 0 Å². The lowest BCUT2D eigenvalue weighted by molar-refractivity contribution is 0.354. The van der Waals surface area contributed by atoms with Crippen molar-refractivity contribution in [2.45, 2.75) is 20.3 Å². The first kappa shape index (κ1) is 13.5. The molecule has 0 rings (SSSR count). The van der Waals surface area contributed by atoms with Crippen molar-refractivity contribution in [3.8, 4) is 0 Å². The second kappa shape index (κ2) is 8.02. The van der Waals surface area contributed by atoms with E-state index in [4.69, 9.17) is 0 Å². The number of hydrogen-bond acceptors (Lipinski definition) is 2. The molecule has 0 spiro atoms. The van der Waals surface area contributed by atoms with Crippen molar-refractivity contribution in [3.05, 3.63) is 0 Å². The first-order valence-electron chi connectivity index (χ1n) is 3.92. The Kier molecular flexibility index (Phi) is 9.85. The van der Waals surface area contributed by atoms with Crippen LogP contribution in [0.25, 0.3) is 0 Å². The van der Waals surface area contributed by atoms with E-state index < -0.39 is 0 Å². The second-order valence-electron chi connectivity index (χ2n) is 3.31. The van der Waals surface area contributed by atoms with E-state index in [0.29, 0.717) is 0 Å². The minimum absolute atomic E-state index is 0. The molecule has 0 aliphatic heterocycles. The highest BCUT2D eigenvalue weighted by atomic mass is 15.1. The Balaban J connectivity index is 0. The molecule has 0 fully saturated rings. The minimum Gasteiger partial charge on any atom is -0.309 e. The van der Waals surface area contributed by atoms with Gasteiger partial charge in [0, 0.05) is 0 Å². The molecule has 2 heteroatoms. The maximum absolute atomic E-state index is 2.23. The van der Waals surface area contributed by atoms with E-state index in [1.807, 2.05) is 0 Å². The molecule has 0 radical (unpaired) electrons. The fraction of sp³-hybridized carbons (Fsp3) is 1.00. The van der Waals surface area contributed by atoms with Crippen molar-refractivity contribution in [1.29, 1.82) is 0 Å². The van der Waals surface area contributed by atoms with Crippen LogP contribution in [0.3, 0.4) is 0 Å². The van der Waals surface area contributed by atoms with Crippen LogP contribution in [0, 0.1) is 0 Å². The van der Waals surface area contributed by atoms with Crippen LogP contribution >= 0.6 is 0 Å². The molecule has 0 heterocycles. The maximum Gasteiger partial charge on any atom is -0.00244 e. The van der Waals surface area contributed by atoms with Gasteiger partial charge in [0.1, 0.15) is 0 Å². The highest BCUT2D eigenvalue weighted by Crippen LogP contribution is 1.91. The molecule has 0 aliphatic carbocycles. The predicted molar refractivity (Wildman–Crippen MR) is 53.1 cm³/mol. The molecular weight excluding hydrogens is 136 g/mol. The average Bonchev–Trinajstić information content (AvgIpc) is 1.79. The summed E-state index contributed by atoms with van der Waals surface area (Å²) in [6, 6.07) is 0. The lowest BCUT2D eigenvalue weighted by Gasteiger charge is -2.11. The predicted octanol–water partition coefficient (Wildman–Crippen LogP) is 1.53. The van der Waals surface area contributed by atoms with Gasteiger partial charge in [0.25, 0.3) is 0 Å². The van der Waals surface area contributed by atoms with Gasteiger partial charge in [-0.3, -0.25) is 0 Å². The fourth-order valence-corrected chi connectivity index (χ4v) is 0.856. The van der Waals surface area contributed by atoms with Crippen LogP contribution in [0.4, 0.5) is 0 Å². The van der Waals surface area contributed by atoms with Gasteiger partial charge < -0.3 is 9.80 Å². The van der Waals surface area contributed by atoms with E-state index >= 15 is 0 Å². The average molecular weight is 160 g/mol. The van der Waals surface area contributed by atoms with Crippen molar-refractivity contribution >= 4 is 0 Å². The monoisotopic (exact) mass is 160 g/mol. The molecule has 0 aliphatic rings. The third-order valence-electron chi connectivity index (χ3n) is 1.46. The zero-order valence-electron chi connectivity index (χ0n) is 7.72. The topological polar surface area (TPSA) is 6.48 Å². The molecule has 2 nitrogen and oxygen atoms in total. The molecule has 0 N–H and O–H groups in total. The van der Waals surface area contributed by atoms with Crippen molar-refractivity contribution < 1.29 is 0 Å². The third-order valence-corrected chi connectivity index (χ3v) is 1.46. The summed E-state index contributed by atoms with van der Waals surface area (Å²) in [5.41, 5.74) is 0. The van der Waals surface area contributed by atoms with E-state index in [9.17, 15) is 0 Å². The first-order chi connectivity index (χ1) is 4.63. The Morgan fingerprint density at radius 3 is 1.18 bits per heavy atom. The van der Waals surface area contributed by atoms with E-state index in [1.54, 1.807) is 0 Å². The molecule has 70 valence electrons. The van der Waals surface area contributed by atoms with Crippen LogP contribution < -0.4 is 0 Å². The standard InChI is InChI=1S/C8H20N2.CH4/c1-9(2)7-5-6-8-10(3)4;/h5-8H2,1-4H3;1H4. The van der Waals surface area contributed by atoms with E-state index in [0.717, 1.165) is 0 Å². The highest BCUT2D eigenvalue weighted by Gasteiger charge is 1.91. The Morgan fingerprint density at radius 1 is 0.727 bits per heavy atom. The lowest BCUT2D eigenvalue weighted by atomic mass is 10.3. The lowest BCUT2D eigenvalue weighted by Crippen LogP contribution is -2.17. The molecule has 0 aromatic carbocycles. The van der Waals surface area contributed by atoms with Gasteiger partial charge in [0.05, 0.1) is 0 Å². The fourth-order valence-electron chi connectivity index (χ4n) is 0.856. The smallest absolute Gasteiger partial charge is 0.00244 e. The Labute approximate surface area is 72.2 Å². The molecule has 0 aromatic rings. The zero-order chi connectivity index (χ0) is 7.98. The number of hydrogen-bond donors (Lipinski definition) is 0. The van der Waals surface area contributed by atoms with Crippen molar-refractivity contribution in [2.24, 2.45) is 0 Å². The molecule has 0 saturated carbocycles. The van der Waals surface area contributed by atoms with Crippen LogP contribution in [0.2, 0.25) is 0 Å². The van der Waals surface area contributed by atoms with E-state index in [1.165, 1.54) is 25.9 Å². The molecule has 0 aromatic heterocycles. The summed E-state index contributed by atoms with van der Waals surface area (Å²) in [4.78, 5) is 4.46. The SMILES string of the molecule is C.CN(C)CCCCN(C)C. The Hall–Kier alpha value is -0.0800. The Morgan fingerprint density at radius 2 is 1.00 bits per heavy atom. The summed E-state index contributed by atoms with van der Waals surface area (Å²) in [5.74, 6) is 0. The van der Waals surface area contributed by atoms with Gasteiger partial charge in [0.2, 0.25) is 0 Å². The van der Waals surface area contributed by atoms with Crippen molar-refractivity contribution in [2.75, 3.05) is 41.3 Å². The first-order valence-corrected chi connectivity index (χ1v) is 3.92. The normalized spacial score (nSPS) is 10.4. The summed E-state index contributed by atoms with van der Waals surface area (Å²) >= 11 is 0. The maximum atomic E-state index is 2.23. The summed E-state index contributed by atoms with van der Waals surface area (Å²) in [5, 5.41) is 0. The summed E-state index contributed by atoms with van der Waals surface area (Å²) in [6.45, 7) is 2.43. The second-order valence-corrected chi connectivity index (χ2v) is 3.31. The van der Waals surface area contributed by atoms with E-state index in [2.05, 4.69) is 38.0 Å². The van der Waals surface area contributed by atoms with Crippen molar-refractivity contribution in [3.63, 3.8) is 0 Å². The highest BCUT2D eigenvalue weighted by molar-refractivity contribution is 4.48. The number of unbranched alkanes of at least 4 members (excludes halogenated alkanes) is 1. The number of rotatable bonds is 5. The van der Waals surface area contributed by atoms with E-state index in [-0.39, 0.29) is 7.43 Å². The summed E-state index contributed by atoms with van der Waals surface area (Å²) in [7, 11) is 8.48. The van der Waals surface area contributed by atoms with Crippen LogP contribution in [0.15, 0.2) is 0 Å². The van der Waals surface area contributed by atoms with Crippen LogP contribution in [0.1, 0.15) is 20.3 Å². The van der Waals surface area contributed by atoms with Crippen LogP contribution in [-0.4, -0.2) is 51.1 Å². The summed E-state index contributed by atoms with van der Waals surface area (Å²) in [6.07, 6.45) is 2.62. The molecule has 0 atom stereocenters. The third kappa shape index (κ3) is 13.0. The van der Waals surface area contributed by atoms with Gasteiger partial charge in [-0.15, -0.1) is 0 Å². The zero-order valence-corrected chi connectivity index (χ0v) is 7.72. The molecule has 0 unspecified atom stereocenters. The van der Waals surface area contributed by atoms with Gasteiger partial charge >= 0.3 is 0 Å². The largest absolute Gasteiger partial charge is 0.309 e. The molecular formula is C9H24N2. The molecule has 0 amide bonds. The van der Waals surface area contributed by atoms with Gasteiger partial charge in [-0.05, 0) is 54.1 Å². The van der Waals surface area contributed by atoms with Crippen molar-refractivity contribution in [1.82, 2.24) is 9.80 Å². The Bertz CT molecular complexity index is 60.0. The van der Waals surface area contributed by atoms with Crippen LogP contribution in [-0.2, 0) is 0 Å². The summed E-state index contributed by atoms with van der Waals surface area (Å²) < 4.78 is 0.